The van der Waals surface area contributed by atoms with Gasteiger partial charge in [0, 0.05) is 13.0 Å². The van der Waals surface area contributed by atoms with E-state index in [-0.39, 0.29) is 11.0 Å². The SMILES string of the molecule is CCCCCCCC/C=C/CCCCCCCCCCCCC1=NC=C[N+]1(CCN)CC(=O)[O-]. The molecule has 1 heterocycles. The van der Waals surface area contributed by atoms with Gasteiger partial charge in [0.15, 0.2) is 0 Å². The van der Waals surface area contributed by atoms with Crippen LogP contribution in [0.5, 0.6) is 0 Å². The summed E-state index contributed by atoms with van der Waals surface area (Å²) in [5, 5.41) is 11.2. The fourth-order valence-electron chi connectivity index (χ4n) is 4.86. The van der Waals surface area contributed by atoms with Gasteiger partial charge in [0.2, 0.25) is 5.84 Å². The Morgan fingerprint density at radius 2 is 1.35 bits per heavy atom. The number of carboxylic acid groups (broad SMARTS) is 1. The number of nitrogens with two attached hydrogens (primary N) is 1. The predicted molar refractivity (Wildman–Crippen MR) is 143 cm³/mol. The summed E-state index contributed by atoms with van der Waals surface area (Å²) < 4.78 is 0.244. The van der Waals surface area contributed by atoms with Gasteiger partial charge in [-0.15, -0.1) is 0 Å². The second kappa shape index (κ2) is 20.9. The molecule has 5 heteroatoms. The van der Waals surface area contributed by atoms with Gasteiger partial charge in [-0.05, 0) is 32.1 Å². The molecule has 0 aromatic heterocycles. The van der Waals surface area contributed by atoms with Crippen molar-refractivity contribution in [1.29, 1.82) is 0 Å². The lowest BCUT2D eigenvalue weighted by Crippen LogP contribution is -2.55. The first-order chi connectivity index (χ1) is 16.6. The van der Waals surface area contributed by atoms with Crippen molar-refractivity contribution >= 4 is 11.8 Å². The highest BCUT2D eigenvalue weighted by atomic mass is 16.4. The molecule has 34 heavy (non-hydrogen) atoms. The Bertz CT molecular complexity index is 600. The number of carbonyl (C=O) groups is 1. The first-order valence-corrected chi connectivity index (χ1v) is 14.3. The normalized spacial score (nSPS) is 17.6. The van der Waals surface area contributed by atoms with Crippen LogP contribution in [0.4, 0.5) is 0 Å². The van der Waals surface area contributed by atoms with Gasteiger partial charge in [0.05, 0.1) is 12.2 Å². The molecule has 0 bridgehead atoms. The Labute approximate surface area is 210 Å². The third-order valence-corrected chi connectivity index (χ3v) is 6.94. The van der Waals surface area contributed by atoms with E-state index in [1.807, 2.05) is 6.20 Å². The summed E-state index contributed by atoms with van der Waals surface area (Å²) in [6.07, 6.45) is 33.0. The number of aliphatic carboxylic acids is 1. The molecule has 0 fully saturated rings. The van der Waals surface area contributed by atoms with Crippen LogP contribution in [0.15, 0.2) is 29.5 Å². The molecule has 2 N–H and O–H groups in total. The molecule has 0 aromatic rings. The van der Waals surface area contributed by atoms with Crippen molar-refractivity contribution in [3.8, 4) is 0 Å². The number of carbonyl (C=O) groups excluding carboxylic acids is 1. The molecule has 0 aromatic carbocycles. The van der Waals surface area contributed by atoms with Crippen LogP contribution in [0.25, 0.3) is 0 Å². The maximum atomic E-state index is 11.2. The van der Waals surface area contributed by atoms with Gasteiger partial charge in [-0.3, -0.25) is 0 Å². The van der Waals surface area contributed by atoms with Crippen LogP contribution in [0.1, 0.15) is 129 Å². The molecule has 0 aliphatic carbocycles. The molecule has 0 saturated heterocycles. The van der Waals surface area contributed by atoms with Crippen molar-refractivity contribution in [2.75, 3.05) is 19.6 Å². The second-order valence-electron chi connectivity index (χ2n) is 10.0. The highest BCUT2D eigenvalue weighted by molar-refractivity contribution is 5.80. The fraction of sp³-hybridized carbons (Fsp3) is 0.793. The van der Waals surface area contributed by atoms with E-state index in [0.29, 0.717) is 13.1 Å². The van der Waals surface area contributed by atoms with E-state index in [0.717, 1.165) is 18.7 Å². The summed E-state index contributed by atoms with van der Waals surface area (Å²) in [6.45, 7) is 3.21. The minimum atomic E-state index is -1.05. The Balaban J connectivity index is 1.90. The van der Waals surface area contributed by atoms with E-state index in [9.17, 15) is 9.90 Å². The number of nitrogens with zero attached hydrogens (tertiary/aromatic N) is 2. The molecule has 1 aliphatic rings. The maximum absolute atomic E-state index is 11.2. The van der Waals surface area contributed by atoms with Crippen molar-refractivity contribution in [1.82, 2.24) is 0 Å². The average molecular weight is 476 g/mol. The number of carboxylic acids is 1. The first kappa shape index (κ1) is 30.6. The number of unbranched alkanes of at least 4 members (excludes halogenated alkanes) is 16. The molecule has 0 spiro atoms. The third-order valence-electron chi connectivity index (χ3n) is 6.94. The summed E-state index contributed by atoms with van der Waals surface area (Å²) in [7, 11) is 0. The van der Waals surface area contributed by atoms with Crippen molar-refractivity contribution in [3.63, 3.8) is 0 Å². The minimum absolute atomic E-state index is 0.0674. The van der Waals surface area contributed by atoms with Crippen LogP contribution >= 0.6 is 0 Å². The molecule has 1 aliphatic heterocycles. The Morgan fingerprint density at radius 1 is 0.853 bits per heavy atom. The number of allylic oxidation sites excluding steroid dienone is 2. The molecular formula is C29H53N3O2. The average Bonchev–Trinajstić information content (AvgIpc) is 3.19. The van der Waals surface area contributed by atoms with Crippen molar-refractivity contribution in [3.05, 3.63) is 24.6 Å². The Morgan fingerprint density at radius 3 is 1.85 bits per heavy atom. The largest absolute Gasteiger partial charge is 0.544 e. The fourth-order valence-corrected chi connectivity index (χ4v) is 4.86. The van der Waals surface area contributed by atoms with Crippen LogP contribution < -0.4 is 10.8 Å². The van der Waals surface area contributed by atoms with Crippen LogP contribution in [-0.2, 0) is 4.79 Å². The smallest absolute Gasteiger partial charge is 0.207 e. The third kappa shape index (κ3) is 14.7. The zero-order valence-electron chi connectivity index (χ0n) is 22.2. The zero-order chi connectivity index (χ0) is 24.7. The maximum Gasteiger partial charge on any atom is 0.207 e. The van der Waals surface area contributed by atoms with Gasteiger partial charge in [-0.2, -0.15) is 0 Å². The number of aliphatic imine (C=N–C) groups is 1. The Kier molecular flexibility index (Phi) is 18.8. The minimum Gasteiger partial charge on any atom is -0.544 e. The number of hydrogen-bond donors (Lipinski definition) is 1. The van der Waals surface area contributed by atoms with E-state index in [4.69, 9.17) is 5.73 Å². The topological polar surface area (TPSA) is 78.5 Å². The number of quaternary nitrogens is 1. The number of hydrogen-bond acceptors (Lipinski definition) is 4. The highest BCUT2D eigenvalue weighted by Crippen LogP contribution is 2.21. The molecule has 0 amide bonds. The summed E-state index contributed by atoms with van der Waals surface area (Å²) >= 11 is 0. The number of rotatable bonds is 24. The van der Waals surface area contributed by atoms with Gasteiger partial charge in [-0.1, -0.05) is 103 Å². The van der Waals surface area contributed by atoms with Gasteiger partial charge >= 0.3 is 0 Å². The molecule has 196 valence electrons. The van der Waals surface area contributed by atoms with Gasteiger partial charge < -0.3 is 15.6 Å². The molecule has 5 nitrogen and oxygen atoms in total. The quantitative estimate of drug-likeness (QED) is 0.0999. The van der Waals surface area contributed by atoms with Gasteiger partial charge in [0.25, 0.3) is 0 Å². The van der Waals surface area contributed by atoms with Gasteiger partial charge in [0.1, 0.15) is 19.3 Å². The second-order valence-corrected chi connectivity index (χ2v) is 10.0. The summed E-state index contributed by atoms with van der Waals surface area (Å²) in [6, 6.07) is 0. The molecule has 0 radical (unpaired) electrons. The first-order valence-electron chi connectivity index (χ1n) is 14.3. The summed E-state index contributed by atoms with van der Waals surface area (Å²) in [4.78, 5) is 15.6. The van der Waals surface area contributed by atoms with E-state index in [1.165, 1.54) is 109 Å². The van der Waals surface area contributed by atoms with Crippen LogP contribution in [0.3, 0.4) is 0 Å². The van der Waals surface area contributed by atoms with Crippen molar-refractivity contribution in [2.24, 2.45) is 10.7 Å². The predicted octanol–water partition coefficient (Wildman–Crippen LogP) is 6.38. The van der Waals surface area contributed by atoms with Crippen LogP contribution in [-0.4, -0.2) is 35.9 Å². The molecule has 1 rings (SSSR count). The van der Waals surface area contributed by atoms with E-state index < -0.39 is 5.97 Å². The van der Waals surface area contributed by atoms with E-state index >= 15 is 0 Å². The molecule has 1 unspecified atom stereocenters. The lowest BCUT2D eigenvalue weighted by molar-refractivity contribution is -0.780. The monoisotopic (exact) mass is 475 g/mol. The Hall–Kier alpha value is -1.46. The standard InChI is InChI=1S/C29H53N3O2/c1-2-3-4-5-6-7-8-9-10-11-12-13-14-15-16-17-18-19-20-21-22-28-31-24-26-32(28,25-23-30)27-29(33)34/h9-10,24,26H,2-8,11-23,25,27,30H2,1H3/b10-9+. The van der Waals surface area contributed by atoms with Crippen molar-refractivity contribution in [2.45, 2.75) is 129 Å². The molecule has 0 saturated carbocycles. The summed E-state index contributed by atoms with van der Waals surface area (Å²) in [5.41, 5.74) is 5.72. The molecule has 1 atom stereocenters. The van der Waals surface area contributed by atoms with Crippen LogP contribution in [0.2, 0.25) is 0 Å². The lowest BCUT2D eigenvalue weighted by atomic mass is 10.0. The van der Waals surface area contributed by atoms with E-state index in [2.05, 4.69) is 24.1 Å². The zero-order valence-corrected chi connectivity index (χ0v) is 22.2. The highest BCUT2D eigenvalue weighted by Gasteiger charge is 2.34. The van der Waals surface area contributed by atoms with E-state index in [1.54, 1.807) is 6.20 Å². The molecular weight excluding hydrogens is 422 g/mol. The van der Waals surface area contributed by atoms with Gasteiger partial charge in [-0.25, -0.2) is 9.48 Å². The van der Waals surface area contributed by atoms with Crippen LogP contribution in [0, 0.1) is 0 Å². The summed E-state index contributed by atoms with van der Waals surface area (Å²) in [5.74, 6) is -0.125. The van der Waals surface area contributed by atoms with Crippen molar-refractivity contribution < 1.29 is 14.4 Å². The number of amidine groups is 1. The lowest BCUT2D eigenvalue weighted by Gasteiger charge is -2.32.